The fourth-order valence-electron chi connectivity index (χ4n) is 4.12. The third-order valence-corrected chi connectivity index (χ3v) is 6.74. The van der Waals surface area contributed by atoms with Crippen LogP contribution in [0, 0.1) is 27.7 Å². The molecular formula is C36H34O13. The van der Waals surface area contributed by atoms with Crippen LogP contribution in [0.3, 0.4) is 0 Å². The van der Waals surface area contributed by atoms with Crippen LogP contribution in [0.2, 0.25) is 0 Å². The quantitative estimate of drug-likeness (QED) is 0.0612. The third kappa shape index (κ3) is 10.3. The Labute approximate surface area is 282 Å². The van der Waals surface area contributed by atoms with E-state index in [1.165, 1.54) is 30.3 Å². The molecule has 0 aliphatic rings. The van der Waals surface area contributed by atoms with Gasteiger partial charge in [-0.25, -0.2) is 24.0 Å². The van der Waals surface area contributed by atoms with E-state index in [1.54, 1.807) is 39.8 Å². The van der Waals surface area contributed by atoms with Crippen molar-refractivity contribution in [1.82, 2.24) is 0 Å². The predicted octanol–water partition coefficient (Wildman–Crippen LogP) is 5.56. The molecule has 0 N–H and O–H groups in total. The zero-order valence-electron chi connectivity index (χ0n) is 27.3. The highest BCUT2D eigenvalue weighted by Gasteiger charge is 2.21. The van der Waals surface area contributed by atoms with Gasteiger partial charge in [0.25, 0.3) is 0 Å². The van der Waals surface area contributed by atoms with Crippen molar-refractivity contribution in [3.63, 3.8) is 0 Å². The van der Waals surface area contributed by atoms with Gasteiger partial charge in [-0.2, -0.15) is 0 Å². The van der Waals surface area contributed by atoms with Crippen LogP contribution in [-0.2, 0) is 28.6 Å². The van der Waals surface area contributed by atoms with Gasteiger partial charge in [0, 0.05) is 24.3 Å². The van der Waals surface area contributed by atoms with E-state index in [-0.39, 0.29) is 40.9 Å². The lowest BCUT2D eigenvalue weighted by molar-refractivity contribution is -0.146. The molecule has 0 bridgehead atoms. The van der Waals surface area contributed by atoms with E-state index >= 15 is 0 Å². The highest BCUT2D eigenvalue weighted by molar-refractivity contribution is 5.97. The van der Waals surface area contributed by atoms with Gasteiger partial charge in [-0.1, -0.05) is 19.7 Å². The summed E-state index contributed by atoms with van der Waals surface area (Å²) in [5.74, 6) is -2.58. The number of rotatable bonds is 16. The molecule has 0 saturated carbocycles. The molecular weight excluding hydrogens is 640 g/mol. The minimum Gasteiger partial charge on any atom is -0.457 e. The third-order valence-electron chi connectivity index (χ3n) is 6.74. The fraction of sp³-hybridized carbons (Fsp3) is 0.194. The molecule has 3 aromatic carbocycles. The van der Waals surface area contributed by atoms with Crippen molar-refractivity contribution in [2.45, 2.75) is 27.7 Å². The lowest BCUT2D eigenvalue weighted by atomic mass is 9.98. The molecule has 0 aliphatic carbocycles. The number of ether oxygens (including phenoxy) is 8. The Morgan fingerprint density at radius 3 is 1.49 bits per heavy atom. The minimum absolute atomic E-state index is 0.0197. The smallest absolute Gasteiger partial charge is 0.343 e. The first-order valence-corrected chi connectivity index (χ1v) is 14.4. The van der Waals surface area contributed by atoms with E-state index in [9.17, 15) is 24.0 Å². The molecule has 13 nitrogen and oxygen atoms in total. The molecule has 0 heterocycles. The molecule has 0 unspecified atom stereocenters. The average molecular weight is 675 g/mol. The molecule has 3 aromatic rings. The van der Waals surface area contributed by atoms with Gasteiger partial charge in [-0.05, 0) is 86.3 Å². The van der Waals surface area contributed by atoms with Gasteiger partial charge in [-0.15, -0.1) is 0 Å². The van der Waals surface area contributed by atoms with Crippen molar-refractivity contribution in [3.05, 3.63) is 114 Å². The number of aryl methyl sites for hydroxylation is 2. The molecule has 0 saturated heterocycles. The standard InChI is InChI=1S/C36H34O13/c1-8-31(37)44-18-42-29-14-11-25(15-21(29)4)48-35(40)27-12-13-28(24(7)23(27)6)36(41)49-26-16-22(5)34(47-20-46-33(39)10-3)30(17-26)43-19-45-32(38)9-2/h8-17H,1-3,18-20H2,4-7H3. The SMILES string of the molecule is C=CC(=O)OCOc1ccc(OC(=O)c2ccc(C(=O)Oc3cc(C)c(OCOC(=O)C=C)c(OCOC(=O)C=C)c3)c(C)c2C)cc1C. The molecule has 0 aromatic heterocycles. The van der Waals surface area contributed by atoms with E-state index < -0.39 is 43.4 Å². The average Bonchev–Trinajstić information content (AvgIpc) is 3.07. The van der Waals surface area contributed by atoms with Gasteiger partial charge in [-0.3, -0.25) is 0 Å². The Balaban J connectivity index is 1.76. The molecule has 256 valence electrons. The van der Waals surface area contributed by atoms with Crippen LogP contribution < -0.4 is 23.7 Å². The largest absolute Gasteiger partial charge is 0.457 e. The number of benzene rings is 3. The van der Waals surface area contributed by atoms with Crippen molar-refractivity contribution in [2.24, 2.45) is 0 Å². The Bertz CT molecular complexity index is 1790. The molecule has 0 spiro atoms. The van der Waals surface area contributed by atoms with E-state index in [4.69, 9.17) is 37.9 Å². The van der Waals surface area contributed by atoms with E-state index in [1.807, 2.05) is 0 Å². The van der Waals surface area contributed by atoms with Crippen LogP contribution in [0.5, 0.6) is 28.7 Å². The Morgan fingerprint density at radius 1 is 0.551 bits per heavy atom. The first kappa shape index (κ1) is 37.1. The normalized spacial score (nSPS) is 10.1. The van der Waals surface area contributed by atoms with Crippen LogP contribution in [0.4, 0.5) is 0 Å². The van der Waals surface area contributed by atoms with Crippen LogP contribution in [0.15, 0.2) is 80.4 Å². The van der Waals surface area contributed by atoms with Crippen molar-refractivity contribution < 1.29 is 61.9 Å². The second-order valence-electron chi connectivity index (χ2n) is 9.97. The molecule has 0 atom stereocenters. The molecule has 0 radical (unpaired) electrons. The molecule has 0 fully saturated rings. The summed E-state index contributed by atoms with van der Waals surface area (Å²) in [6, 6.07) is 10.4. The molecule has 13 heteroatoms. The summed E-state index contributed by atoms with van der Waals surface area (Å²) in [6.07, 6.45) is 2.94. The van der Waals surface area contributed by atoms with Gasteiger partial charge in [0.05, 0.1) is 11.1 Å². The maximum Gasteiger partial charge on any atom is 0.343 e. The summed E-state index contributed by atoms with van der Waals surface area (Å²) in [5, 5.41) is 0. The second kappa shape index (κ2) is 17.5. The van der Waals surface area contributed by atoms with Gasteiger partial charge < -0.3 is 37.9 Å². The van der Waals surface area contributed by atoms with Crippen molar-refractivity contribution >= 4 is 29.8 Å². The molecule has 49 heavy (non-hydrogen) atoms. The predicted molar refractivity (Wildman–Crippen MR) is 174 cm³/mol. The summed E-state index contributed by atoms with van der Waals surface area (Å²) in [4.78, 5) is 60.4. The zero-order chi connectivity index (χ0) is 36.1. The van der Waals surface area contributed by atoms with Gasteiger partial charge in [0.15, 0.2) is 11.5 Å². The first-order valence-electron chi connectivity index (χ1n) is 14.4. The lowest BCUT2D eigenvalue weighted by Crippen LogP contribution is -2.16. The number of hydrogen-bond donors (Lipinski definition) is 0. The topological polar surface area (TPSA) is 159 Å². The van der Waals surface area contributed by atoms with E-state index in [0.29, 0.717) is 28.0 Å². The first-order chi connectivity index (χ1) is 23.4. The lowest BCUT2D eigenvalue weighted by Gasteiger charge is -2.17. The summed E-state index contributed by atoms with van der Waals surface area (Å²) in [6.45, 7) is 15.3. The van der Waals surface area contributed by atoms with E-state index in [2.05, 4.69) is 19.7 Å². The van der Waals surface area contributed by atoms with Crippen LogP contribution in [0.25, 0.3) is 0 Å². The fourth-order valence-corrected chi connectivity index (χ4v) is 4.12. The highest BCUT2D eigenvalue weighted by atomic mass is 16.7. The molecule has 0 aliphatic heterocycles. The summed E-state index contributed by atoms with van der Waals surface area (Å²) < 4.78 is 42.2. The Kier molecular flexibility index (Phi) is 13.3. The van der Waals surface area contributed by atoms with Crippen LogP contribution in [0.1, 0.15) is 43.0 Å². The second-order valence-corrected chi connectivity index (χ2v) is 9.97. The number of carbonyl (C=O) groups is 5. The van der Waals surface area contributed by atoms with E-state index in [0.717, 1.165) is 18.2 Å². The summed E-state index contributed by atoms with van der Waals surface area (Å²) >= 11 is 0. The monoisotopic (exact) mass is 674 g/mol. The van der Waals surface area contributed by atoms with Crippen LogP contribution >= 0.6 is 0 Å². The maximum atomic E-state index is 13.3. The minimum atomic E-state index is -0.734. The number of esters is 5. The Morgan fingerprint density at radius 2 is 1.00 bits per heavy atom. The molecule has 0 amide bonds. The maximum absolute atomic E-state index is 13.3. The zero-order valence-corrected chi connectivity index (χ0v) is 27.3. The van der Waals surface area contributed by atoms with Crippen molar-refractivity contribution in [3.8, 4) is 28.7 Å². The van der Waals surface area contributed by atoms with Crippen molar-refractivity contribution in [2.75, 3.05) is 20.4 Å². The highest BCUT2D eigenvalue weighted by Crippen LogP contribution is 2.36. The Hall–Kier alpha value is -6.37. The van der Waals surface area contributed by atoms with Crippen LogP contribution in [-0.4, -0.2) is 50.2 Å². The number of carbonyl (C=O) groups excluding carboxylic acids is 5. The summed E-state index contributed by atoms with van der Waals surface area (Å²) in [5.41, 5.74) is 2.43. The molecule has 3 rings (SSSR count). The summed E-state index contributed by atoms with van der Waals surface area (Å²) in [7, 11) is 0. The van der Waals surface area contributed by atoms with Gasteiger partial charge in [0.1, 0.15) is 17.2 Å². The van der Waals surface area contributed by atoms with Gasteiger partial charge in [0.2, 0.25) is 20.4 Å². The number of hydrogen-bond acceptors (Lipinski definition) is 13. The van der Waals surface area contributed by atoms with Gasteiger partial charge >= 0.3 is 29.8 Å². The van der Waals surface area contributed by atoms with Crippen molar-refractivity contribution in [1.29, 1.82) is 0 Å².